The second kappa shape index (κ2) is 8.63. The average Bonchev–Trinajstić information content (AvgIpc) is 2.90. The van der Waals surface area contributed by atoms with Crippen molar-refractivity contribution in [2.24, 2.45) is 0 Å². The first-order chi connectivity index (χ1) is 12.9. The van der Waals surface area contributed by atoms with E-state index in [0.717, 1.165) is 27.1 Å². The topological polar surface area (TPSA) is 41.9 Å². The van der Waals surface area contributed by atoms with Crippen LogP contribution in [-0.4, -0.2) is 14.9 Å². The predicted octanol–water partition coefficient (Wildman–Crippen LogP) is 4.94. The van der Waals surface area contributed by atoms with Crippen LogP contribution in [0.4, 0.5) is 10.1 Å². The van der Waals surface area contributed by atoms with Crippen LogP contribution in [0.25, 0.3) is 0 Å². The Bertz CT molecular complexity index is 936. The van der Waals surface area contributed by atoms with Crippen LogP contribution >= 0.6 is 28.1 Å². The average molecular weight is 447 g/mol. The molecule has 2 N–H and O–H groups in total. The molecule has 3 rings (SSSR count). The molecule has 0 aliphatic rings. The molecule has 0 radical (unpaired) electrons. The van der Waals surface area contributed by atoms with Crippen molar-refractivity contribution in [3.63, 3.8) is 0 Å². The molecule has 0 aliphatic heterocycles. The van der Waals surface area contributed by atoms with Gasteiger partial charge >= 0.3 is 0 Å². The van der Waals surface area contributed by atoms with Gasteiger partial charge in [-0.15, -0.1) is 0 Å². The summed E-state index contributed by atoms with van der Waals surface area (Å²) < 4.78 is 16.0. The molecule has 0 fully saturated rings. The Labute approximate surface area is 171 Å². The number of aryl methyl sites for hydroxylation is 1. The van der Waals surface area contributed by atoms with Gasteiger partial charge in [-0.25, -0.2) is 4.39 Å². The maximum atomic E-state index is 13.0. The highest BCUT2D eigenvalue weighted by Crippen LogP contribution is 2.21. The molecule has 0 saturated heterocycles. The van der Waals surface area contributed by atoms with Crippen molar-refractivity contribution in [3.8, 4) is 0 Å². The Kier molecular flexibility index (Phi) is 6.23. The fourth-order valence-electron chi connectivity index (χ4n) is 2.74. The standard InChI is InChI=1S/C20H20BrFN4S/c1-13-19(24-20(27)23-11-15-5-9-18(22)10-6-15)14(2)26(25-13)12-16-3-7-17(21)8-4-16/h3-10H,11-12H2,1-2H3,(H2,23,24,27). The van der Waals surface area contributed by atoms with Crippen LogP contribution < -0.4 is 10.6 Å². The fraction of sp³-hybridized carbons (Fsp3) is 0.200. The number of nitrogens with zero attached hydrogens (tertiary/aromatic N) is 2. The summed E-state index contributed by atoms with van der Waals surface area (Å²) in [6.07, 6.45) is 0. The Balaban J connectivity index is 1.64. The van der Waals surface area contributed by atoms with E-state index in [2.05, 4.69) is 43.8 Å². The van der Waals surface area contributed by atoms with Gasteiger partial charge in [-0.05, 0) is 61.5 Å². The first-order valence-electron chi connectivity index (χ1n) is 8.50. The van der Waals surface area contributed by atoms with E-state index < -0.39 is 0 Å². The van der Waals surface area contributed by atoms with Gasteiger partial charge in [0.05, 0.1) is 23.6 Å². The molecule has 0 bridgehead atoms. The van der Waals surface area contributed by atoms with Crippen molar-refractivity contribution in [2.45, 2.75) is 26.9 Å². The van der Waals surface area contributed by atoms with Crippen LogP contribution in [0.3, 0.4) is 0 Å². The Morgan fingerprint density at radius 3 is 2.37 bits per heavy atom. The second-order valence-electron chi connectivity index (χ2n) is 6.26. The number of anilines is 1. The molecule has 4 nitrogen and oxygen atoms in total. The van der Waals surface area contributed by atoms with E-state index in [4.69, 9.17) is 12.2 Å². The minimum atomic E-state index is -0.246. The lowest BCUT2D eigenvalue weighted by molar-refractivity contribution is 0.627. The second-order valence-corrected chi connectivity index (χ2v) is 7.59. The lowest BCUT2D eigenvalue weighted by atomic mass is 10.2. The molecule has 7 heteroatoms. The van der Waals surface area contributed by atoms with Gasteiger partial charge in [0.25, 0.3) is 0 Å². The summed E-state index contributed by atoms with van der Waals surface area (Å²) in [4.78, 5) is 0. The van der Waals surface area contributed by atoms with Crippen LogP contribution in [0.5, 0.6) is 0 Å². The quantitative estimate of drug-likeness (QED) is 0.544. The lowest BCUT2D eigenvalue weighted by Gasteiger charge is -2.11. The first kappa shape index (κ1) is 19.5. The number of nitrogens with one attached hydrogen (secondary N) is 2. The summed E-state index contributed by atoms with van der Waals surface area (Å²) in [6, 6.07) is 14.5. The molecule has 1 heterocycles. The van der Waals surface area contributed by atoms with E-state index in [-0.39, 0.29) is 5.82 Å². The first-order valence-corrected chi connectivity index (χ1v) is 9.70. The van der Waals surface area contributed by atoms with Crippen molar-refractivity contribution >= 4 is 38.9 Å². The zero-order chi connectivity index (χ0) is 19.4. The molecule has 1 aromatic heterocycles. The summed E-state index contributed by atoms with van der Waals surface area (Å²) in [5.74, 6) is -0.246. The summed E-state index contributed by atoms with van der Waals surface area (Å²) in [6.45, 7) is 5.19. The van der Waals surface area contributed by atoms with Crippen LogP contribution in [0.15, 0.2) is 53.0 Å². The number of hydrogen-bond donors (Lipinski definition) is 2. The van der Waals surface area contributed by atoms with Crippen LogP contribution in [0.1, 0.15) is 22.5 Å². The molecule has 3 aromatic rings. The molecular weight excluding hydrogens is 427 g/mol. The van der Waals surface area contributed by atoms with E-state index in [9.17, 15) is 4.39 Å². The summed E-state index contributed by atoms with van der Waals surface area (Å²) in [5.41, 5.74) is 4.94. The van der Waals surface area contributed by atoms with Crippen molar-refractivity contribution in [3.05, 3.63) is 81.3 Å². The zero-order valence-corrected chi connectivity index (χ0v) is 17.5. The normalized spacial score (nSPS) is 10.7. The molecule has 0 saturated carbocycles. The summed E-state index contributed by atoms with van der Waals surface area (Å²) >= 11 is 8.85. The molecule has 140 valence electrons. The van der Waals surface area contributed by atoms with Gasteiger partial charge in [-0.1, -0.05) is 40.2 Å². The maximum absolute atomic E-state index is 13.0. The highest BCUT2D eigenvalue weighted by molar-refractivity contribution is 9.10. The third kappa shape index (κ3) is 5.14. The maximum Gasteiger partial charge on any atom is 0.171 e. The highest BCUT2D eigenvalue weighted by atomic mass is 79.9. The summed E-state index contributed by atoms with van der Waals surface area (Å²) in [5, 5.41) is 11.5. The molecule has 0 spiro atoms. The van der Waals surface area contributed by atoms with Crippen molar-refractivity contribution in [2.75, 3.05) is 5.32 Å². The molecular formula is C20H20BrFN4S. The Morgan fingerprint density at radius 2 is 1.70 bits per heavy atom. The predicted molar refractivity (Wildman–Crippen MR) is 114 cm³/mol. The lowest BCUT2D eigenvalue weighted by Crippen LogP contribution is -2.28. The monoisotopic (exact) mass is 446 g/mol. The van der Waals surface area contributed by atoms with Gasteiger partial charge in [0.1, 0.15) is 5.82 Å². The van der Waals surface area contributed by atoms with E-state index >= 15 is 0 Å². The van der Waals surface area contributed by atoms with Crippen LogP contribution in [0.2, 0.25) is 0 Å². The van der Waals surface area contributed by atoms with Gasteiger partial charge in [-0.2, -0.15) is 5.10 Å². The van der Waals surface area contributed by atoms with Gasteiger partial charge < -0.3 is 10.6 Å². The van der Waals surface area contributed by atoms with Gasteiger partial charge in [0.2, 0.25) is 0 Å². The summed E-state index contributed by atoms with van der Waals surface area (Å²) in [7, 11) is 0. The zero-order valence-electron chi connectivity index (χ0n) is 15.1. The molecule has 0 aliphatic carbocycles. The minimum absolute atomic E-state index is 0.246. The molecule has 2 aromatic carbocycles. The van der Waals surface area contributed by atoms with Crippen LogP contribution in [-0.2, 0) is 13.1 Å². The number of halogens is 2. The van der Waals surface area contributed by atoms with Crippen molar-refractivity contribution < 1.29 is 4.39 Å². The van der Waals surface area contributed by atoms with Crippen molar-refractivity contribution in [1.82, 2.24) is 15.1 Å². The fourth-order valence-corrected chi connectivity index (χ4v) is 3.18. The third-order valence-corrected chi connectivity index (χ3v) is 5.01. The smallest absolute Gasteiger partial charge is 0.171 e. The number of aromatic nitrogens is 2. The number of thiocarbonyl (C=S) groups is 1. The SMILES string of the molecule is Cc1nn(Cc2ccc(Br)cc2)c(C)c1NC(=S)NCc1ccc(F)cc1. The van der Waals surface area contributed by atoms with E-state index in [1.807, 2.05) is 30.7 Å². The molecule has 0 unspecified atom stereocenters. The van der Waals surface area contributed by atoms with Gasteiger partial charge in [0.15, 0.2) is 5.11 Å². The highest BCUT2D eigenvalue weighted by Gasteiger charge is 2.13. The molecule has 0 amide bonds. The molecule has 0 atom stereocenters. The third-order valence-electron chi connectivity index (χ3n) is 4.23. The van der Waals surface area contributed by atoms with Crippen molar-refractivity contribution in [1.29, 1.82) is 0 Å². The van der Waals surface area contributed by atoms with Gasteiger partial charge in [0, 0.05) is 11.0 Å². The number of benzene rings is 2. The van der Waals surface area contributed by atoms with Gasteiger partial charge in [-0.3, -0.25) is 4.68 Å². The number of rotatable bonds is 5. The van der Waals surface area contributed by atoms with E-state index in [1.165, 1.54) is 17.7 Å². The van der Waals surface area contributed by atoms with E-state index in [1.54, 1.807) is 12.1 Å². The Morgan fingerprint density at radius 1 is 1.07 bits per heavy atom. The molecule has 27 heavy (non-hydrogen) atoms. The van der Waals surface area contributed by atoms with E-state index in [0.29, 0.717) is 18.2 Å². The van der Waals surface area contributed by atoms with Crippen LogP contribution in [0, 0.1) is 19.7 Å². The largest absolute Gasteiger partial charge is 0.358 e. The minimum Gasteiger partial charge on any atom is -0.358 e. The Hall–Kier alpha value is -2.25. The number of hydrogen-bond acceptors (Lipinski definition) is 2.